The molecule has 10 nitrogen and oxygen atoms in total. The summed E-state index contributed by atoms with van der Waals surface area (Å²) in [6, 6.07) is 9.41. The van der Waals surface area contributed by atoms with Crippen LogP contribution in [0.2, 0.25) is 0 Å². The molecule has 0 spiro atoms. The molecule has 2 aromatic carbocycles. The SMILES string of the molecule is CCN(CC)S(=O)(=O)c1ccc(N/N=C/c2ccc(C(=O)O)cc2)c([N+](=O)[O-])c1. The van der Waals surface area contributed by atoms with Crippen LogP contribution in [-0.2, 0) is 10.0 Å². The number of nitro benzene ring substituents is 1. The highest BCUT2D eigenvalue weighted by Crippen LogP contribution is 2.29. The molecule has 0 radical (unpaired) electrons. The third kappa shape index (κ3) is 5.15. The summed E-state index contributed by atoms with van der Waals surface area (Å²) in [5.41, 5.74) is 2.80. The van der Waals surface area contributed by atoms with Gasteiger partial charge < -0.3 is 5.11 Å². The molecule has 0 saturated carbocycles. The number of hydrogen-bond acceptors (Lipinski definition) is 7. The van der Waals surface area contributed by atoms with Crippen molar-refractivity contribution in [2.24, 2.45) is 5.10 Å². The number of hydrazone groups is 1. The van der Waals surface area contributed by atoms with Gasteiger partial charge in [0.1, 0.15) is 5.69 Å². The minimum atomic E-state index is -3.83. The van der Waals surface area contributed by atoms with Crippen LogP contribution in [0.1, 0.15) is 29.8 Å². The van der Waals surface area contributed by atoms with Crippen molar-refractivity contribution in [1.29, 1.82) is 0 Å². The normalized spacial score (nSPS) is 11.7. The van der Waals surface area contributed by atoms with Crippen LogP contribution >= 0.6 is 0 Å². The van der Waals surface area contributed by atoms with Gasteiger partial charge in [-0.3, -0.25) is 15.5 Å². The van der Waals surface area contributed by atoms with E-state index in [4.69, 9.17) is 5.11 Å². The number of benzene rings is 2. The van der Waals surface area contributed by atoms with Crippen molar-refractivity contribution in [3.63, 3.8) is 0 Å². The van der Waals surface area contributed by atoms with Crippen LogP contribution in [-0.4, -0.2) is 48.0 Å². The molecule has 0 fully saturated rings. The average molecular weight is 420 g/mol. The Balaban J connectivity index is 2.27. The van der Waals surface area contributed by atoms with Crippen LogP contribution in [0.5, 0.6) is 0 Å². The first-order valence-corrected chi connectivity index (χ1v) is 10.1. The molecule has 0 aromatic heterocycles. The molecule has 0 aliphatic carbocycles. The lowest BCUT2D eigenvalue weighted by molar-refractivity contribution is -0.384. The average Bonchev–Trinajstić information content (AvgIpc) is 2.69. The highest BCUT2D eigenvalue weighted by atomic mass is 32.2. The van der Waals surface area contributed by atoms with E-state index in [1.54, 1.807) is 13.8 Å². The Bertz CT molecular complexity index is 1030. The molecule has 2 N–H and O–H groups in total. The maximum absolute atomic E-state index is 12.6. The molecule has 2 aromatic rings. The van der Waals surface area contributed by atoms with Crippen LogP contribution in [0.3, 0.4) is 0 Å². The lowest BCUT2D eigenvalue weighted by atomic mass is 10.1. The molecule has 2 rings (SSSR count). The maximum Gasteiger partial charge on any atom is 0.335 e. The summed E-state index contributed by atoms with van der Waals surface area (Å²) < 4.78 is 26.3. The minimum Gasteiger partial charge on any atom is -0.478 e. The van der Waals surface area contributed by atoms with Crippen molar-refractivity contribution < 1.29 is 23.2 Å². The summed E-state index contributed by atoms with van der Waals surface area (Å²) in [6.45, 7) is 3.86. The highest BCUT2D eigenvalue weighted by molar-refractivity contribution is 7.89. The largest absolute Gasteiger partial charge is 0.478 e. The van der Waals surface area contributed by atoms with Gasteiger partial charge >= 0.3 is 5.97 Å². The van der Waals surface area contributed by atoms with Crippen LogP contribution < -0.4 is 5.43 Å². The number of carbonyl (C=O) groups is 1. The van der Waals surface area contributed by atoms with Crippen molar-refractivity contribution >= 4 is 33.6 Å². The zero-order valence-corrected chi connectivity index (χ0v) is 16.6. The molecular weight excluding hydrogens is 400 g/mol. The smallest absolute Gasteiger partial charge is 0.335 e. The van der Waals surface area contributed by atoms with Crippen LogP contribution in [0, 0.1) is 10.1 Å². The Kier molecular flexibility index (Phi) is 7.02. The molecule has 0 unspecified atom stereocenters. The van der Waals surface area contributed by atoms with Crippen LogP contribution in [0.15, 0.2) is 52.5 Å². The molecular formula is C18H20N4O6S. The number of rotatable bonds is 9. The molecule has 0 bridgehead atoms. The van der Waals surface area contributed by atoms with Crippen molar-refractivity contribution in [2.75, 3.05) is 18.5 Å². The van der Waals surface area contributed by atoms with E-state index >= 15 is 0 Å². The standard InChI is InChI=1S/C18H20N4O6S/c1-3-21(4-2)29(27,28)15-9-10-16(17(11-15)22(25)26)20-19-12-13-5-7-14(8-6-13)18(23)24/h5-12,20H,3-4H2,1-2H3,(H,23,24)/b19-12+. The molecule has 0 atom stereocenters. The first-order chi connectivity index (χ1) is 13.7. The molecule has 11 heteroatoms. The zero-order valence-electron chi connectivity index (χ0n) is 15.8. The Morgan fingerprint density at radius 2 is 1.83 bits per heavy atom. The lowest BCUT2D eigenvalue weighted by Gasteiger charge is -2.18. The summed E-state index contributed by atoms with van der Waals surface area (Å²) >= 11 is 0. The molecule has 0 amide bonds. The van der Waals surface area contributed by atoms with Crippen molar-refractivity contribution in [3.05, 3.63) is 63.7 Å². The number of nitrogens with one attached hydrogen (secondary N) is 1. The van der Waals surface area contributed by atoms with Crippen molar-refractivity contribution in [2.45, 2.75) is 18.7 Å². The zero-order chi connectivity index (χ0) is 21.6. The third-order valence-electron chi connectivity index (χ3n) is 4.07. The highest BCUT2D eigenvalue weighted by Gasteiger charge is 2.25. The van der Waals surface area contributed by atoms with Gasteiger partial charge in [0, 0.05) is 19.2 Å². The second-order valence-electron chi connectivity index (χ2n) is 5.82. The summed E-state index contributed by atoms with van der Waals surface area (Å²) in [4.78, 5) is 21.4. The van der Waals surface area contributed by atoms with Gasteiger partial charge in [0.2, 0.25) is 10.0 Å². The summed E-state index contributed by atoms with van der Waals surface area (Å²) in [6.07, 6.45) is 1.36. The van der Waals surface area contributed by atoms with E-state index in [9.17, 15) is 23.3 Å². The predicted molar refractivity (Wildman–Crippen MR) is 108 cm³/mol. The molecule has 154 valence electrons. The van der Waals surface area contributed by atoms with Gasteiger partial charge in [0.15, 0.2) is 0 Å². The fraction of sp³-hybridized carbons (Fsp3) is 0.222. The van der Waals surface area contributed by atoms with Crippen molar-refractivity contribution in [3.8, 4) is 0 Å². The molecule has 0 saturated heterocycles. The fourth-order valence-corrected chi connectivity index (χ4v) is 4.00. The van der Waals surface area contributed by atoms with E-state index in [1.165, 1.54) is 46.9 Å². The number of nitro groups is 1. The van der Waals surface area contributed by atoms with E-state index in [-0.39, 0.29) is 29.2 Å². The minimum absolute atomic E-state index is 0.0203. The summed E-state index contributed by atoms with van der Waals surface area (Å²) in [5.74, 6) is -1.05. The molecule has 29 heavy (non-hydrogen) atoms. The predicted octanol–water partition coefficient (Wildman–Crippen LogP) is 2.77. The Morgan fingerprint density at radius 1 is 1.21 bits per heavy atom. The molecule has 0 aliphatic rings. The van der Waals surface area contributed by atoms with Gasteiger partial charge in [0.05, 0.1) is 21.6 Å². The number of nitrogens with zero attached hydrogens (tertiary/aromatic N) is 3. The first-order valence-electron chi connectivity index (χ1n) is 8.61. The van der Waals surface area contributed by atoms with Gasteiger partial charge in [-0.25, -0.2) is 13.2 Å². The lowest BCUT2D eigenvalue weighted by Crippen LogP contribution is -2.30. The third-order valence-corrected chi connectivity index (χ3v) is 6.11. The first kappa shape index (κ1) is 22.0. The topological polar surface area (TPSA) is 142 Å². The van der Waals surface area contributed by atoms with Crippen LogP contribution in [0.25, 0.3) is 0 Å². The number of anilines is 1. The quantitative estimate of drug-likeness (QED) is 0.361. The van der Waals surface area contributed by atoms with Gasteiger partial charge in [0.25, 0.3) is 5.69 Å². The van der Waals surface area contributed by atoms with Gasteiger partial charge in [-0.15, -0.1) is 0 Å². The monoisotopic (exact) mass is 420 g/mol. The van der Waals surface area contributed by atoms with E-state index in [2.05, 4.69) is 10.5 Å². The Labute approximate surface area is 167 Å². The van der Waals surface area contributed by atoms with Crippen LogP contribution in [0.4, 0.5) is 11.4 Å². The Hall–Kier alpha value is -3.31. The van der Waals surface area contributed by atoms with E-state index in [1.807, 2.05) is 0 Å². The van der Waals surface area contributed by atoms with Gasteiger partial charge in [-0.05, 0) is 29.8 Å². The van der Waals surface area contributed by atoms with Gasteiger partial charge in [-0.2, -0.15) is 9.41 Å². The second-order valence-corrected chi connectivity index (χ2v) is 7.76. The van der Waals surface area contributed by atoms with E-state index < -0.39 is 26.6 Å². The van der Waals surface area contributed by atoms with E-state index in [0.717, 1.165) is 6.07 Å². The van der Waals surface area contributed by atoms with Gasteiger partial charge in [-0.1, -0.05) is 26.0 Å². The number of hydrogen-bond donors (Lipinski definition) is 2. The number of aromatic carboxylic acids is 1. The second kappa shape index (κ2) is 9.26. The number of carboxylic acids is 1. The van der Waals surface area contributed by atoms with E-state index in [0.29, 0.717) is 5.56 Å². The molecule has 0 aliphatic heterocycles. The molecule has 0 heterocycles. The fourth-order valence-electron chi connectivity index (χ4n) is 2.52. The number of carboxylic acid groups (broad SMARTS) is 1. The summed E-state index contributed by atoms with van der Waals surface area (Å²) in [7, 11) is -3.83. The maximum atomic E-state index is 12.6. The summed E-state index contributed by atoms with van der Waals surface area (Å²) in [5, 5.41) is 24.2. The Morgan fingerprint density at radius 3 is 2.34 bits per heavy atom. The number of sulfonamides is 1. The van der Waals surface area contributed by atoms with Crippen molar-refractivity contribution in [1.82, 2.24) is 4.31 Å².